The van der Waals surface area contributed by atoms with Crippen molar-refractivity contribution < 1.29 is 48.0 Å². The maximum absolute atomic E-state index is 14.0. The standard InChI is InChI=1S/C35H48ClN3O10/c1-19-10-9-11-26(46-8)35(44)16-25(47-30(42)17-35)20(2)32-34(4,49-32)27(48-33(43)21(3)38(5)29(41)18-37)15-28(40)39(6)23-13-22(12-19)14-24(45-7)31(23)36/h9-11,13-14,20-21,25-27,32,44H,12,15-18,37H2,1-8H3/b11-9+,19-10+/t20-,21+,25+,26-,27+,32+,34+,35-/m1/s1. The Labute approximate surface area is 292 Å². The number of carbonyl (C=O) groups excluding carboxylic acids is 4. The van der Waals surface area contributed by atoms with E-state index in [1.807, 2.05) is 19.9 Å². The number of nitrogens with zero attached hydrogens (tertiary/aromatic N) is 2. The highest BCUT2D eigenvalue weighted by molar-refractivity contribution is 6.35. The first-order valence-electron chi connectivity index (χ1n) is 16.2. The van der Waals surface area contributed by atoms with E-state index >= 15 is 0 Å². The highest BCUT2D eigenvalue weighted by Gasteiger charge is 2.64. The number of hydrogen-bond donors (Lipinski definition) is 2. The largest absolute Gasteiger partial charge is 0.495 e. The van der Waals surface area contributed by atoms with E-state index in [2.05, 4.69) is 0 Å². The van der Waals surface area contributed by atoms with Crippen molar-refractivity contribution >= 4 is 41.0 Å². The number of allylic oxidation sites excluding steroid dienone is 3. The van der Waals surface area contributed by atoms with Crippen molar-refractivity contribution in [2.75, 3.05) is 39.8 Å². The number of methoxy groups -OCH3 is 2. The zero-order chi connectivity index (χ0) is 36.4. The molecule has 0 saturated carbocycles. The Morgan fingerprint density at radius 1 is 1.27 bits per heavy atom. The van der Waals surface area contributed by atoms with Gasteiger partial charge in [0.25, 0.3) is 0 Å². The lowest BCUT2D eigenvalue weighted by molar-refractivity contribution is -0.187. The maximum atomic E-state index is 14.0. The van der Waals surface area contributed by atoms with Crippen molar-refractivity contribution in [3.63, 3.8) is 0 Å². The van der Waals surface area contributed by atoms with Crippen molar-refractivity contribution in [2.24, 2.45) is 11.7 Å². The van der Waals surface area contributed by atoms with E-state index in [9.17, 15) is 24.3 Å². The SMILES string of the molecule is COc1cc2cc(c1Cl)N(C)C(=O)C[C@H](OC(=O)[C@H](C)N(C)C(=O)CN)[C@]1(C)O[C@H]1[C@H](C)[C@@H]1C[C@@](O)(CC(=O)O1)[C@H](OC)/C=C/C=C(\C)C2. The van der Waals surface area contributed by atoms with Crippen LogP contribution in [0.15, 0.2) is 35.9 Å². The minimum atomic E-state index is -1.58. The summed E-state index contributed by atoms with van der Waals surface area (Å²) in [5, 5.41) is 12.0. The smallest absolute Gasteiger partial charge is 0.328 e. The molecular formula is C35H48ClN3O10. The molecule has 1 aromatic carbocycles. The number of amides is 2. The highest BCUT2D eigenvalue weighted by Crippen LogP contribution is 2.49. The molecule has 0 aliphatic carbocycles. The molecule has 3 aliphatic heterocycles. The number of aliphatic hydroxyl groups is 1. The van der Waals surface area contributed by atoms with Crippen LogP contribution in [0.5, 0.6) is 5.75 Å². The number of fused-ring (bicyclic) bond motifs is 5. The zero-order valence-electron chi connectivity index (χ0n) is 29.4. The van der Waals surface area contributed by atoms with Crippen molar-refractivity contribution in [1.29, 1.82) is 0 Å². The maximum Gasteiger partial charge on any atom is 0.328 e. The fourth-order valence-corrected chi connectivity index (χ4v) is 6.93. The van der Waals surface area contributed by atoms with E-state index in [1.165, 1.54) is 38.0 Å². The summed E-state index contributed by atoms with van der Waals surface area (Å²) in [6, 6.07) is 2.57. The van der Waals surface area contributed by atoms with Crippen LogP contribution in [0.4, 0.5) is 5.69 Å². The molecule has 3 N–H and O–H groups in total. The van der Waals surface area contributed by atoms with Gasteiger partial charge in [-0.3, -0.25) is 14.4 Å². The number of epoxide rings is 1. The molecule has 270 valence electrons. The van der Waals surface area contributed by atoms with Crippen LogP contribution in [-0.2, 0) is 44.5 Å². The number of anilines is 1. The lowest BCUT2D eigenvalue weighted by Gasteiger charge is -2.41. The van der Waals surface area contributed by atoms with Gasteiger partial charge in [0.1, 0.15) is 46.3 Å². The molecule has 2 amide bonds. The van der Waals surface area contributed by atoms with Gasteiger partial charge in [-0.1, -0.05) is 42.3 Å². The molecule has 2 fully saturated rings. The van der Waals surface area contributed by atoms with E-state index in [1.54, 1.807) is 38.3 Å². The molecule has 4 rings (SSSR count). The first kappa shape index (κ1) is 38.3. The highest BCUT2D eigenvalue weighted by atomic mass is 35.5. The number of hydrogen-bond acceptors (Lipinski definition) is 11. The molecule has 49 heavy (non-hydrogen) atoms. The minimum absolute atomic E-state index is 0.0562. The van der Waals surface area contributed by atoms with E-state index in [4.69, 9.17) is 41.0 Å². The Hall–Kier alpha value is -3.49. The van der Waals surface area contributed by atoms with Crippen LogP contribution in [0.25, 0.3) is 0 Å². The molecule has 14 heteroatoms. The van der Waals surface area contributed by atoms with Crippen LogP contribution in [0.1, 0.15) is 52.5 Å². The van der Waals surface area contributed by atoms with Gasteiger partial charge in [0.05, 0.1) is 38.3 Å². The summed E-state index contributed by atoms with van der Waals surface area (Å²) < 4.78 is 29.1. The Kier molecular flexibility index (Phi) is 11.9. The topological polar surface area (TPSA) is 170 Å². The van der Waals surface area contributed by atoms with E-state index in [0.29, 0.717) is 17.9 Å². The number of rotatable bonds is 6. The second-order valence-corrected chi connectivity index (χ2v) is 13.8. The first-order valence-corrected chi connectivity index (χ1v) is 16.6. The molecule has 4 bridgehead atoms. The van der Waals surface area contributed by atoms with Gasteiger partial charge in [0.2, 0.25) is 11.8 Å². The third-order valence-electron chi connectivity index (χ3n) is 9.96. The molecule has 3 aliphatic rings. The van der Waals surface area contributed by atoms with Gasteiger partial charge < -0.3 is 44.3 Å². The molecule has 0 unspecified atom stereocenters. The second kappa shape index (κ2) is 15.2. The van der Waals surface area contributed by atoms with Gasteiger partial charge in [-0.15, -0.1) is 0 Å². The zero-order valence-corrected chi connectivity index (χ0v) is 30.1. The monoisotopic (exact) mass is 705 g/mol. The number of nitrogens with two attached hydrogens (primary N) is 1. The van der Waals surface area contributed by atoms with Gasteiger partial charge >= 0.3 is 11.9 Å². The van der Waals surface area contributed by atoms with Gasteiger partial charge in [0.15, 0.2) is 0 Å². The number of carbonyl (C=O) groups is 4. The summed E-state index contributed by atoms with van der Waals surface area (Å²) in [4.78, 5) is 55.1. The third kappa shape index (κ3) is 8.12. The predicted molar refractivity (Wildman–Crippen MR) is 181 cm³/mol. The van der Waals surface area contributed by atoms with Crippen molar-refractivity contribution in [3.8, 4) is 5.75 Å². The first-order chi connectivity index (χ1) is 23.0. The molecule has 13 nitrogen and oxygen atoms in total. The molecule has 3 heterocycles. The fraction of sp³-hybridized carbons (Fsp3) is 0.600. The van der Waals surface area contributed by atoms with Crippen LogP contribution >= 0.6 is 11.6 Å². The lowest BCUT2D eigenvalue weighted by Crippen LogP contribution is -2.53. The van der Waals surface area contributed by atoms with Crippen molar-refractivity contribution in [3.05, 3.63) is 46.5 Å². The fourth-order valence-electron chi connectivity index (χ4n) is 6.62. The van der Waals surface area contributed by atoms with E-state index in [-0.39, 0.29) is 30.8 Å². The normalized spacial score (nSPS) is 32.9. The van der Waals surface area contributed by atoms with E-state index < -0.39 is 71.3 Å². The molecule has 1 aromatic rings. The molecular weight excluding hydrogens is 658 g/mol. The van der Waals surface area contributed by atoms with Crippen LogP contribution < -0.4 is 15.4 Å². The van der Waals surface area contributed by atoms with E-state index in [0.717, 1.165) is 11.1 Å². The van der Waals surface area contributed by atoms with Crippen LogP contribution in [0, 0.1) is 5.92 Å². The van der Waals surface area contributed by atoms with Crippen molar-refractivity contribution in [1.82, 2.24) is 4.90 Å². The minimum Gasteiger partial charge on any atom is -0.495 e. The second-order valence-electron chi connectivity index (χ2n) is 13.4. The molecule has 8 atom stereocenters. The third-order valence-corrected chi connectivity index (χ3v) is 10.3. The average molecular weight is 706 g/mol. The summed E-state index contributed by atoms with van der Waals surface area (Å²) in [6.07, 6.45) is 1.93. The quantitative estimate of drug-likeness (QED) is 0.330. The van der Waals surface area contributed by atoms with Gasteiger partial charge in [-0.25, -0.2) is 4.79 Å². The molecule has 0 aromatic heterocycles. The number of esters is 2. The summed E-state index contributed by atoms with van der Waals surface area (Å²) >= 11 is 6.72. The predicted octanol–water partition coefficient (Wildman–Crippen LogP) is 2.72. The summed E-state index contributed by atoms with van der Waals surface area (Å²) in [6.45, 7) is 6.66. The van der Waals surface area contributed by atoms with Crippen LogP contribution in [-0.4, -0.2) is 110 Å². The average Bonchev–Trinajstić information content (AvgIpc) is 3.76. The number of ether oxygens (including phenoxy) is 5. The van der Waals surface area contributed by atoms with Crippen molar-refractivity contribution in [2.45, 2.75) is 95.0 Å². The van der Waals surface area contributed by atoms with Crippen LogP contribution in [0.2, 0.25) is 5.02 Å². The summed E-state index contributed by atoms with van der Waals surface area (Å²) in [5.41, 5.74) is 4.88. The number of benzene rings is 1. The summed E-state index contributed by atoms with van der Waals surface area (Å²) in [7, 11) is 5.96. The molecule has 0 spiro atoms. The lowest BCUT2D eigenvalue weighted by atomic mass is 9.78. The van der Waals surface area contributed by atoms with Gasteiger partial charge in [0, 0.05) is 33.5 Å². The Morgan fingerprint density at radius 2 is 1.96 bits per heavy atom. The number of likely N-dealkylation sites (N-methyl/N-ethyl adjacent to an activating group) is 1. The Balaban J connectivity index is 1.79. The molecule has 2 saturated heterocycles. The Bertz CT molecular complexity index is 1520. The Morgan fingerprint density at radius 3 is 2.59 bits per heavy atom. The van der Waals surface area contributed by atoms with Crippen LogP contribution in [0.3, 0.4) is 0 Å². The van der Waals surface area contributed by atoms with Gasteiger partial charge in [-0.2, -0.15) is 0 Å². The summed E-state index contributed by atoms with van der Waals surface area (Å²) in [5.74, 6) is -2.37. The molecule has 0 radical (unpaired) electrons. The number of halogens is 1. The van der Waals surface area contributed by atoms with Gasteiger partial charge in [-0.05, 0) is 44.9 Å².